The Morgan fingerprint density at radius 3 is 2.61 bits per heavy atom. The first-order chi connectivity index (χ1) is 11.1. The molecule has 118 valence electrons. The molecule has 0 amide bonds. The highest BCUT2D eigenvalue weighted by Gasteiger charge is 2.24. The lowest BCUT2D eigenvalue weighted by atomic mass is 10.1. The zero-order chi connectivity index (χ0) is 16.4. The average molecular weight is 324 g/mol. The van der Waals surface area contributed by atoms with Crippen LogP contribution in [0.15, 0.2) is 52.3 Å². The molecule has 1 aliphatic rings. The van der Waals surface area contributed by atoms with Crippen LogP contribution in [0.25, 0.3) is 0 Å². The minimum absolute atomic E-state index is 0.639. The summed E-state index contributed by atoms with van der Waals surface area (Å²) in [6.45, 7) is 5.43. The van der Waals surface area contributed by atoms with Crippen molar-refractivity contribution in [3.05, 3.63) is 48.0 Å². The lowest BCUT2D eigenvalue weighted by Gasteiger charge is -2.33. The number of para-hydroxylation sites is 1. The first-order valence-corrected chi connectivity index (χ1v) is 8.68. The van der Waals surface area contributed by atoms with Crippen LogP contribution in [0, 0.1) is 17.2 Å². The third-order valence-corrected chi connectivity index (χ3v) is 5.13. The predicted molar refractivity (Wildman–Crippen MR) is 94.0 cm³/mol. The van der Waals surface area contributed by atoms with Crippen LogP contribution in [-0.4, -0.2) is 11.7 Å². The molecule has 3 rings (SSSR count). The molecule has 2 aromatic rings. The van der Waals surface area contributed by atoms with Crippen LogP contribution in [-0.2, 0) is 0 Å². The third kappa shape index (κ3) is 3.21. The fraction of sp³-hybridized carbons (Fsp3) is 0.316. The summed E-state index contributed by atoms with van der Waals surface area (Å²) in [4.78, 5) is 4.66. The first kappa shape index (κ1) is 15.9. The molecule has 0 aliphatic carbocycles. The van der Waals surface area contributed by atoms with Gasteiger partial charge in [-0.2, -0.15) is 5.26 Å². The van der Waals surface area contributed by atoms with Crippen LogP contribution in [0.5, 0.6) is 0 Å². The van der Waals surface area contributed by atoms with Crippen molar-refractivity contribution in [1.29, 1.82) is 5.26 Å². The molecular formula is C19H20N2OS. The van der Waals surface area contributed by atoms with Gasteiger partial charge in [0.15, 0.2) is 6.10 Å². The first-order valence-electron chi connectivity index (χ1n) is 7.86. The van der Waals surface area contributed by atoms with Gasteiger partial charge in [-0.1, -0.05) is 43.8 Å². The van der Waals surface area contributed by atoms with E-state index in [0.29, 0.717) is 11.5 Å². The summed E-state index contributed by atoms with van der Waals surface area (Å²) >= 11 is 1.70. The number of fused-ring (bicyclic) bond motifs is 2. The average Bonchev–Trinajstić information content (AvgIpc) is 2.57. The standard InChI is InChI=1S/C19H20N2OS/c1-13(2)9-10-21-15-5-3-4-6-18(15)23-19-11-14(17(22)12-20)7-8-16(19)21/h3-8,11,13,17,22H,9-10H2,1-2H3/t17-/m1/s1. The molecule has 3 nitrogen and oxygen atoms in total. The van der Waals surface area contributed by atoms with Gasteiger partial charge in [0.2, 0.25) is 0 Å². The second-order valence-electron chi connectivity index (χ2n) is 6.16. The molecule has 0 aromatic heterocycles. The minimum atomic E-state index is -1.07. The van der Waals surface area contributed by atoms with E-state index < -0.39 is 6.10 Å². The minimum Gasteiger partial charge on any atom is -0.374 e. The molecule has 0 fully saturated rings. The number of aliphatic hydroxyl groups excluding tert-OH is 1. The Balaban J connectivity index is 2.02. The SMILES string of the molecule is CC(C)CCN1c2ccccc2Sc2cc([C@H](O)C#N)ccc21. The fourth-order valence-corrected chi connectivity index (χ4v) is 3.87. The van der Waals surface area contributed by atoms with E-state index in [4.69, 9.17) is 5.26 Å². The third-order valence-electron chi connectivity index (χ3n) is 4.02. The van der Waals surface area contributed by atoms with E-state index in [1.54, 1.807) is 11.8 Å². The summed E-state index contributed by atoms with van der Waals surface area (Å²) in [5.41, 5.74) is 3.05. The second-order valence-corrected chi connectivity index (χ2v) is 7.25. The Morgan fingerprint density at radius 2 is 1.87 bits per heavy atom. The zero-order valence-corrected chi connectivity index (χ0v) is 14.2. The molecule has 23 heavy (non-hydrogen) atoms. The second kappa shape index (κ2) is 6.66. The largest absolute Gasteiger partial charge is 0.374 e. The molecule has 1 aliphatic heterocycles. The van der Waals surface area contributed by atoms with Gasteiger partial charge in [0, 0.05) is 16.3 Å². The van der Waals surface area contributed by atoms with Gasteiger partial charge in [0.1, 0.15) is 0 Å². The van der Waals surface area contributed by atoms with Crippen molar-refractivity contribution in [1.82, 2.24) is 0 Å². The van der Waals surface area contributed by atoms with Gasteiger partial charge in [0.05, 0.1) is 17.4 Å². The van der Waals surface area contributed by atoms with Crippen molar-refractivity contribution in [2.75, 3.05) is 11.4 Å². The number of hydrogen-bond donors (Lipinski definition) is 1. The number of aliphatic hydroxyl groups is 1. The summed E-state index contributed by atoms with van der Waals surface area (Å²) in [5.74, 6) is 0.639. The summed E-state index contributed by atoms with van der Waals surface area (Å²) in [6, 6.07) is 16.1. The molecule has 0 spiro atoms. The Bertz CT molecular complexity index is 751. The predicted octanol–water partition coefficient (Wildman–Crippen LogP) is 4.89. The molecule has 1 heterocycles. The maximum atomic E-state index is 9.78. The molecule has 0 bridgehead atoms. The number of benzene rings is 2. The highest BCUT2D eigenvalue weighted by Crippen LogP contribution is 2.48. The Labute approximate surface area is 141 Å². The highest BCUT2D eigenvalue weighted by atomic mass is 32.2. The van der Waals surface area contributed by atoms with Crippen molar-refractivity contribution < 1.29 is 5.11 Å². The van der Waals surface area contributed by atoms with Crippen molar-refractivity contribution >= 4 is 23.1 Å². The van der Waals surface area contributed by atoms with Gasteiger partial charge >= 0.3 is 0 Å². The summed E-state index contributed by atoms with van der Waals surface area (Å²) in [7, 11) is 0. The van der Waals surface area contributed by atoms with Crippen LogP contribution in [0.1, 0.15) is 31.9 Å². The van der Waals surface area contributed by atoms with Gasteiger partial charge in [-0.3, -0.25) is 0 Å². The number of anilines is 2. The number of nitriles is 1. The Kier molecular flexibility index (Phi) is 4.61. The number of hydrogen-bond acceptors (Lipinski definition) is 4. The van der Waals surface area contributed by atoms with E-state index >= 15 is 0 Å². The molecule has 1 N–H and O–H groups in total. The maximum absolute atomic E-state index is 9.78. The topological polar surface area (TPSA) is 47.3 Å². The molecule has 4 heteroatoms. The lowest BCUT2D eigenvalue weighted by Crippen LogP contribution is -2.23. The van der Waals surface area contributed by atoms with Crippen molar-refractivity contribution in [3.63, 3.8) is 0 Å². The molecular weight excluding hydrogens is 304 g/mol. The smallest absolute Gasteiger partial charge is 0.165 e. The van der Waals surface area contributed by atoms with Crippen molar-refractivity contribution in [2.24, 2.45) is 5.92 Å². The monoisotopic (exact) mass is 324 g/mol. The van der Waals surface area contributed by atoms with Gasteiger partial charge in [0.25, 0.3) is 0 Å². The van der Waals surface area contributed by atoms with Gasteiger partial charge in [-0.25, -0.2) is 0 Å². The Morgan fingerprint density at radius 1 is 1.13 bits per heavy atom. The fourth-order valence-electron chi connectivity index (χ4n) is 2.72. The van der Waals surface area contributed by atoms with Gasteiger partial charge in [-0.15, -0.1) is 0 Å². The summed E-state index contributed by atoms with van der Waals surface area (Å²) < 4.78 is 0. The van der Waals surface area contributed by atoms with Gasteiger partial charge in [-0.05, 0) is 42.2 Å². The van der Waals surface area contributed by atoms with E-state index in [9.17, 15) is 5.11 Å². The van der Waals surface area contributed by atoms with E-state index in [2.05, 4.69) is 36.9 Å². The number of nitrogens with zero attached hydrogens (tertiary/aromatic N) is 2. The molecule has 0 saturated heterocycles. The normalized spacial score (nSPS) is 14.1. The van der Waals surface area contributed by atoms with Crippen LogP contribution in [0.3, 0.4) is 0 Å². The Hall–Kier alpha value is -1.96. The van der Waals surface area contributed by atoms with Crippen molar-refractivity contribution in [3.8, 4) is 6.07 Å². The van der Waals surface area contributed by atoms with Crippen molar-refractivity contribution in [2.45, 2.75) is 36.2 Å². The van der Waals surface area contributed by atoms with E-state index in [-0.39, 0.29) is 0 Å². The molecule has 0 radical (unpaired) electrons. The zero-order valence-electron chi connectivity index (χ0n) is 13.4. The highest BCUT2D eigenvalue weighted by molar-refractivity contribution is 7.99. The maximum Gasteiger partial charge on any atom is 0.165 e. The molecule has 1 atom stereocenters. The lowest BCUT2D eigenvalue weighted by molar-refractivity contribution is 0.235. The summed E-state index contributed by atoms with van der Waals surface area (Å²) in [6.07, 6.45) is 0.0447. The van der Waals surface area contributed by atoms with Crippen LogP contribution >= 0.6 is 11.8 Å². The van der Waals surface area contributed by atoms with E-state index in [1.807, 2.05) is 30.3 Å². The van der Waals surface area contributed by atoms with Crippen LogP contribution < -0.4 is 4.90 Å². The molecule has 0 saturated carbocycles. The van der Waals surface area contributed by atoms with E-state index in [0.717, 1.165) is 23.5 Å². The van der Waals surface area contributed by atoms with Gasteiger partial charge < -0.3 is 10.0 Å². The van der Waals surface area contributed by atoms with E-state index in [1.165, 1.54) is 10.6 Å². The van der Waals surface area contributed by atoms with Crippen LogP contribution in [0.4, 0.5) is 11.4 Å². The number of rotatable bonds is 4. The summed E-state index contributed by atoms with van der Waals surface area (Å²) in [5, 5.41) is 18.7. The quantitative estimate of drug-likeness (QED) is 0.813. The molecule has 0 unspecified atom stereocenters. The van der Waals surface area contributed by atoms with Crippen LogP contribution in [0.2, 0.25) is 0 Å². The molecule has 2 aromatic carbocycles.